The highest BCUT2D eigenvalue weighted by atomic mass is 16.5. The Morgan fingerprint density at radius 2 is 1.96 bits per heavy atom. The van der Waals surface area contributed by atoms with Gasteiger partial charge in [0.1, 0.15) is 12.4 Å². The van der Waals surface area contributed by atoms with Crippen molar-refractivity contribution in [2.45, 2.75) is 25.3 Å². The van der Waals surface area contributed by atoms with Crippen LogP contribution < -0.4 is 0 Å². The van der Waals surface area contributed by atoms with E-state index in [9.17, 15) is 9.59 Å². The third-order valence-electron chi connectivity index (χ3n) is 4.58. The molecule has 0 saturated carbocycles. The maximum absolute atomic E-state index is 13.0. The van der Waals surface area contributed by atoms with Gasteiger partial charge in [-0.1, -0.05) is 30.3 Å². The summed E-state index contributed by atoms with van der Waals surface area (Å²) >= 11 is 0. The first-order valence-corrected chi connectivity index (χ1v) is 8.32. The molecule has 1 unspecified atom stereocenters. The minimum absolute atomic E-state index is 0.0283. The third kappa shape index (κ3) is 4.01. The summed E-state index contributed by atoms with van der Waals surface area (Å²) in [7, 11) is 1.40. The van der Waals surface area contributed by atoms with Gasteiger partial charge in [0.25, 0.3) is 0 Å². The molecule has 3 rings (SSSR count). The van der Waals surface area contributed by atoms with Crippen molar-refractivity contribution in [3.63, 3.8) is 0 Å². The van der Waals surface area contributed by atoms with E-state index in [-0.39, 0.29) is 17.8 Å². The number of hydrogen-bond donors (Lipinski definition) is 0. The zero-order valence-electron chi connectivity index (χ0n) is 14.1. The molecule has 1 saturated heterocycles. The molecule has 0 radical (unpaired) electrons. The van der Waals surface area contributed by atoms with Gasteiger partial charge in [-0.2, -0.15) is 0 Å². The Hall–Kier alpha value is -2.77. The first-order chi connectivity index (χ1) is 12.2. The van der Waals surface area contributed by atoms with E-state index in [1.54, 1.807) is 4.90 Å². The Morgan fingerprint density at radius 3 is 2.56 bits per heavy atom. The van der Waals surface area contributed by atoms with Crippen LogP contribution in [-0.4, -0.2) is 57.2 Å². The molecule has 0 spiro atoms. The summed E-state index contributed by atoms with van der Waals surface area (Å²) in [6.45, 7) is 1.07. The molecule has 1 atom stereocenters. The standard InChI is InChI=1S/C17H21N5O3/c1-25-17(24)14-7-9-21(10-8-14)16(23)15(22-12-18-19-20-22)11-13-5-3-2-4-6-13/h2-6,12,14-15H,7-11H2,1H3. The van der Waals surface area contributed by atoms with Crippen molar-refractivity contribution in [3.8, 4) is 0 Å². The topological polar surface area (TPSA) is 90.2 Å². The Balaban J connectivity index is 1.71. The lowest BCUT2D eigenvalue weighted by atomic mass is 9.96. The van der Waals surface area contributed by atoms with Gasteiger partial charge in [-0.25, -0.2) is 4.68 Å². The zero-order valence-corrected chi connectivity index (χ0v) is 14.1. The molecule has 1 aromatic carbocycles. The summed E-state index contributed by atoms with van der Waals surface area (Å²) in [5, 5.41) is 11.2. The molecule has 132 valence electrons. The minimum atomic E-state index is -0.493. The quantitative estimate of drug-likeness (QED) is 0.748. The van der Waals surface area contributed by atoms with Crippen LogP contribution in [0.1, 0.15) is 24.4 Å². The second-order valence-electron chi connectivity index (χ2n) is 6.12. The predicted molar refractivity (Wildman–Crippen MR) is 88.3 cm³/mol. The van der Waals surface area contributed by atoms with Crippen LogP contribution in [0.4, 0.5) is 0 Å². The smallest absolute Gasteiger partial charge is 0.308 e. The Labute approximate surface area is 145 Å². The highest BCUT2D eigenvalue weighted by Gasteiger charge is 2.32. The molecular formula is C17H21N5O3. The largest absolute Gasteiger partial charge is 0.469 e. The highest BCUT2D eigenvalue weighted by Crippen LogP contribution is 2.23. The van der Waals surface area contributed by atoms with E-state index < -0.39 is 6.04 Å². The first-order valence-electron chi connectivity index (χ1n) is 8.32. The fourth-order valence-corrected chi connectivity index (χ4v) is 3.16. The molecule has 8 heteroatoms. The molecule has 1 fully saturated rings. The number of aromatic nitrogens is 4. The van der Waals surface area contributed by atoms with Crippen molar-refractivity contribution in [2.75, 3.05) is 20.2 Å². The second kappa shape index (κ2) is 7.87. The summed E-state index contributed by atoms with van der Waals surface area (Å²) in [4.78, 5) is 26.5. The van der Waals surface area contributed by atoms with E-state index >= 15 is 0 Å². The van der Waals surface area contributed by atoms with Crippen molar-refractivity contribution in [3.05, 3.63) is 42.2 Å². The molecule has 2 aromatic rings. The van der Waals surface area contributed by atoms with Crippen LogP contribution in [0.25, 0.3) is 0 Å². The molecule has 25 heavy (non-hydrogen) atoms. The molecular weight excluding hydrogens is 322 g/mol. The highest BCUT2D eigenvalue weighted by molar-refractivity contribution is 5.81. The number of carbonyl (C=O) groups is 2. The number of nitrogens with zero attached hydrogens (tertiary/aromatic N) is 5. The molecule has 0 N–H and O–H groups in total. The molecule has 2 heterocycles. The number of ether oxygens (including phenoxy) is 1. The van der Waals surface area contributed by atoms with Gasteiger partial charge < -0.3 is 9.64 Å². The van der Waals surface area contributed by atoms with Crippen molar-refractivity contribution >= 4 is 11.9 Å². The molecule has 1 amide bonds. The fraction of sp³-hybridized carbons (Fsp3) is 0.471. The zero-order chi connectivity index (χ0) is 17.6. The number of hydrogen-bond acceptors (Lipinski definition) is 6. The normalized spacial score (nSPS) is 16.4. The van der Waals surface area contributed by atoms with Crippen molar-refractivity contribution in [2.24, 2.45) is 5.92 Å². The maximum atomic E-state index is 13.0. The van der Waals surface area contributed by atoms with Gasteiger partial charge in [0, 0.05) is 19.5 Å². The van der Waals surface area contributed by atoms with Crippen molar-refractivity contribution < 1.29 is 14.3 Å². The van der Waals surface area contributed by atoms with Gasteiger partial charge >= 0.3 is 5.97 Å². The van der Waals surface area contributed by atoms with Gasteiger partial charge in [-0.15, -0.1) is 5.10 Å². The molecule has 1 aliphatic rings. The predicted octanol–water partition coefficient (Wildman–Crippen LogP) is 0.868. The third-order valence-corrected chi connectivity index (χ3v) is 4.58. The molecule has 0 bridgehead atoms. The van der Waals surface area contributed by atoms with Crippen LogP contribution in [-0.2, 0) is 20.7 Å². The number of tetrazole rings is 1. The van der Waals surface area contributed by atoms with Gasteiger partial charge in [-0.05, 0) is 28.8 Å². The summed E-state index contributed by atoms with van der Waals surface area (Å²) in [5.41, 5.74) is 1.04. The number of likely N-dealkylation sites (tertiary alicyclic amines) is 1. The summed E-state index contributed by atoms with van der Waals surface area (Å²) in [6.07, 6.45) is 3.21. The van der Waals surface area contributed by atoms with E-state index in [1.807, 2.05) is 30.3 Å². The lowest BCUT2D eigenvalue weighted by molar-refractivity contribution is -0.149. The molecule has 1 aromatic heterocycles. The SMILES string of the molecule is COC(=O)C1CCN(C(=O)C(Cc2ccccc2)n2cnnn2)CC1. The van der Waals surface area contributed by atoms with Gasteiger partial charge in [0.2, 0.25) is 5.91 Å². The number of esters is 1. The fourth-order valence-electron chi connectivity index (χ4n) is 3.16. The maximum Gasteiger partial charge on any atom is 0.308 e. The minimum Gasteiger partial charge on any atom is -0.469 e. The Morgan fingerprint density at radius 1 is 1.24 bits per heavy atom. The lowest BCUT2D eigenvalue weighted by Crippen LogP contribution is -2.44. The average Bonchev–Trinajstić information content (AvgIpc) is 3.20. The van der Waals surface area contributed by atoms with Gasteiger partial charge in [0.05, 0.1) is 13.0 Å². The number of amides is 1. The van der Waals surface area contributed by atoms with Crippen LogP contribution in [0, 0.1) is 5.92 Å². The van der Waals surface area contributed by atoms with Gasteiger partial charge in [0.15, 0.2) is 0 Å². The van der Waals surface area contributed by atoms with Gasteiger partial charge in [-0.3, -0.25) is 9.59 Å². The van der Waals surface area contributed by atoms with E-state index in [1.165, 1.54) is 18.1 Å². The van der Waals surface area contributed by atoms with Crippen LogP contribution in [0.15, 0.2) is 36.7 Å². The molecule has 8 nitrogen and oxygen atoms in total. The van der Waals surface area contributed by atoms with Crippen LogP contribution in [0.2, 0.25) is 0 Å². The monoisotopic (exact) mass is 343 g/mol. The second-order valence-corrected chi connectivity index (χ2v) is 6.12. The van der Waals surface area contributed by atoms with Crippen LogP contribution >= 0.6 is 0 Å². The van der Waals surface area contributed by atoms with E-state index in [2.05, 4.69) is 15.5 Å². The number of methoxy groups -OCH3 is 1. The van der Waals surface area contributed by atoms with E-state index in [0.717, 1.165) is 5.56 Å². The molecule has 0 aliphatic carbocycles. The summed E-state index contributed by atoms with van der Waals surface area (Å²) < 4.78 is 6.30. The van der Waals surface area contributed by atoms with Crippen molar-refractivity contribution in [1.82, 2.24) is 25.1 Å². The average molecular weight is 343 g/mol. The summed E-state index contributed by atoms with van der Waals surface area (Å²) in [6, 6.07) is 9.29. The van der Waals surface area contributed by atoms with Crippen LogP contribution in [0.5, 0.6) is 0 Å². The summed E-state index contributed by atoms with van der Waals surface area (Å²) in [5.74, 6) is -0.359. The van der Waals surface area contributed by atoms with E-state index in [4.69, 9.17) is 4.74 Å². The number of benzene rings is 1. The lowest BCUT2D eigenvalue weighted by Gasteiger charge is -2.33. The van der Waals surface area contributed by atoms with E-state index in [0.29, 0.717) is 32.4 Å². The number of carbonyl (C=O) groups excluding carboxylic acids is 2. The first kappa shape index (κ1) is 17.1. The van der Waals surface area contributed by atoms with Crippen LogP contribution in [0.3, 0.4) is 0 Å². The Kier molecular flexibility index (Phi) is 5.37. The Bertz CT molecular complexity index is 696. The molecule has 1 aliphatic heterocycles. The number of rotatable bonds is 5. The van der Waals surface area contributed by atoms with Crippen molar-refractivity contribution in [1.29, 1.82) is 0 Å². The number of piperidine rings is 1.